The molecule has 0 aromatic heterocycles. The Hall–Kier alpha value is -0.0900. The smallest absolute Gasteiger partial charge is 0.153 e. The summed E-state index contributed by atoms with van der Waals surface area (Å²) in [7, 11) is -2.91. The highest BCUT2D eigenvalue weighted by Gasteiger charge is 2.34. The lowest BCUT2D eigenvalue weighted by Gasteiger charge is -2.06. The fourth-order valence-corrected chi connectivity index (χ4v) is 3.33. The molecule has 1 heterocycles. The average Bonchev–Trinajstić information content (AvgIpc) is 2.05. The van der Waals surface area contributed by atoms with Crippen molar-refractivity contribution in [3.05, 3.63) is 0 Å². The van der Waals surface area contributed by atoms with E-state index in [1.165, 1.54) is 0 Å². The van der Waals surface area contributed by atoms with Gasteiger partial charge >= 0.3 is 0 Å². The molecule has 1 fully saturated rings. The Morgan fingerprint density at radius 3 is 2.30 bits per heavy atom. The topological polar surface area (TPSA) is 54.4 Å². The predicted molar refractivity (Wildman–Crippen MR) is 38.4 cm³/mol. The molecule has 1 aliphatic rings. The van der Waals surface area contributed by atoms with Crippen LogP contribution in [-0.2, 0) is 9.84 Å². The fraction of sp³-hybridized carbons (Fsp3) is 1.00. The van der Waals surface area contributed by atoms with Gasteiger partial charge in [0.25, 0.3) is 0 Å². The van der Waals surface area contributed by atoms with Gasteiger partial charge in [-0.25, -0.2) is 8.42 Å². The van der Waals surface area contributed by atoms with Crippen LogP contribution in [0.25, 0.3) is 0 Å². The van der Waals surface area contributed by atoms with E-state index < -0.39 is 15.9 Å². The summed E-state index contributed by atoms with van der Waals surface area (Å²) < 4.78 is 21.7. The molecule has 3 nitrogen and oxygen atoms in total. The summed E-state index contributed by atoms with van der Waals surface area (Å²) in [6.07, 6.45) is 0.135. The maximum atomic E-state index is 10.9. The molecule has 0 spiro atoms. The zero-order valence-electron chi connectivity index (χ0n) is 5.95. The van der Waals surface area contributed by atoms with Crippen LogP contribution >= 0.6 is 0 Å². The van der Waals surface area contributed by atoms with E-state index in [1.54, 1.807) is 0 Å². The molecule has 0 aliphatic carbocycles. The van der Waals surface area contributed by atoms with Gasteiger partial charge in [0.05, 0.1) is 17.6 Å². The van der Waals surface area contributed by atoms with Crippen molar-refractivity contribution >= 4 is 9.84 Å². The molecular formula is C6H12O3S. The summed E-state index contributed by atoms with van der Waals surface area (Å²) in [5.74, 6) is 0.112. The summed E-state index contributed by atoms with van der Waals surface area (Å²) in [6, 6.07) is 0. The van der Waals surface area contributed by atoms with E-state index in [0.29, 0.717) is 0 Å². The summed E-state index contributed by atoms with van der Waals surface area (Å²) in [5, 5.41) is 9.15. The van der Waals surface area contributed by atoms with Crippen molar-refractivity contribution in [3.63, 3.8) is 0 Å². The molecule has 0 radical (unpaired) electrons. The van der Waals surface area contributed by atoms with Crippen molar-refractivity contribution in [2.75, 3.05) is 11.5 Å². The van der Waals surface area contributed by atoms with Crippen LogP contribution in [0.5, 0.6) is 0 Å². The van der Waals surface area contributed by atoms with E-state index in [9.17, 15) is 8.42 Å². The lowest BCUT2D eigenvalue weighted by molar-refractivity contribution is 0.147. The van der Waals surface area contributed by atoms with Gasteiger partial charge < -0.3 is 5.11 Å². The Morgan fingerprint density at radius 2 is 2.10 bits per heavy atom. The van der Waals surface area contributed by atoms with Gasteiger partial charge in [0.1, 0.15) is 0 Å². The molecule has 0 saturated carbocycles. The maximum absolute atomic E-state index is 10.9. The monoisotopic (exact) mass is 164 g/mol. The van der Waals surface area contributed by atoms with Gasteiger partial charge in [-0.15, -0.1) is 0 Å². The van der Waals surface area contributed by atoms with Crippen LogP contribution in [0.3, 0.4) is 0 Å². The van der Waals surface area contributed by atoms with Gasteiger partial charge in [-0.3, -0.25) is 0 Å². The third-order valence-electron chi connectivity index (χ3n) is 1.96. The largest absolute Gasteiger partial charge is 0.392 e. The standard InChI is InChI=1S/C6H12O3S/c1-2-5-3-10(8,9)4-6(5)7/h5-7H,2-4H2,1H3. The first-order chi connectivity index (χ1) is 4.55. The van der Waals surface area contributed by atoms with Crippen LogP contribution in [0.15, 0.2) is 0 Å². The number of hydrogen-bond donors (Lipinski definition) is 1. The number of hydrogen-bond acceptors (Lipinski definition) is 3. The first-order valence-electron chi connectivity index (χ1n) is 3.43. The number of sulfone groups is 1. The Balaban J connectivity index is 2.71. The molecule has 0 aromatic carbocycles. The molecular weight excluding hydrogens is 152 g/mol. The molecule has 2 atom stereocenters. The van der Waals surface area contributed by atoms with Gasteiger partial charge in [0, 0.05) is 0 Å². The minimum absolute atomic E-state index is 0.0231. The van der Waals surface area contributed by atoms with Crippen LogP contribution in [-0.4, -0.2) is 31.1 Å². The van der Waals surface area contributed by atoms with Crippen molar-refractivity contribution < 1.29 is 13.5 Å². The first kappa shape index (κ1) is 8.01. The summed E-state index contributed by atoms with van der Waals surface area (Å²) in [5.41, 5.74) is 0. The van der Waals surface area contributed by atoms with Crippen molar-refractivity contribution in [2.24, 2.45) is 5.92 Å². The molecule has 0 aromatic rings. The van der Waals surface area contributed by atoms with Crippen molar-refractivity contribution in [1.29, 1.82) is 0 Å². The quantitative estimate of drug-likeness (QED) is 0.584. The van der Waals surface area contributed by atoms with Crippen LogP contribution in [0.1, 0.15) is 13.3 Å². The van der Waals surface area contributed by atoms with Gasteiger partial charge in [-0.05, 0) is 12.3 Å². The summed E-state index contributed by atoms with van der Waals surface area (Å²) in [4.78, 5) is 0. The molecule has 2 unspecified atom stereocenters. The molecule has 60 valence electrons. The fourth-order valence-electron chi connectivity index (χ4n) is 1.29. The third kappa shape index (κ3) is 1.49. The van der Waals surface area contributed by atoms with E-state index in [4.69, 9.17) is 5.11 Å². The number of aliphatic hydroxyl groups is 1. The zero-order chi connectivity index (χ0) is 7.78. The Kier molecular flexibility index (Phi) is 2.01. The van der Waals surface area contributed by atoms with Gasteiger partial charge in [-0.1, -0.05) is 6.92 Å². The maximum Gasteiger partial charge on any atom is 0.153 e. The lowest BCUT2D eigenvalue weighted by Crippen LogP contribution is -2.16. The minimum atomic E-state index is -2.91. The van der Waals surface area contributed by atoms with Crippen LogP contribution in [0.4, 0.5) is 0 Å². The van der Waals surface area contributed by atoms with Crippen LogP contribution in [0.2, 0.25) is 0 Å². The van der Waals surface area contributed by atoms with E-state index in [1.807, 2.05) is 6.92 Å². The normalized spacial score (nSPS) is 38.2. The Morgan fingerprint density at radius 1 is 1.50 bits per heavy atom. The second kappa shape index (κ2) is 2.51. The number of aliphatic hydroxyl groups excluding tert-OH is 1. The molecule has 1 saturated heterocycles. The van der Waals surface area contributed by atoms with Gasteiger partial charge in [-0.2, -0.15) is 0 Å². The Bertz CT molecular complexity index is 207. The molecule has 4 heteroatoms. The molecule has 1 rings (SSSR count). The highest BCUT2D eigenvalue weighted by Crippen LogP contribution is 2.21. The molecule has 1 N–H and O–H groups in total. The van der Waals surface area contributed by atoms with Crippen LogP contribution < -0.4 is 0 Å². The van der Waals surface area contributed by atoms with Crippen LogP contribution in [0, 0.1) is 5.92 Å². The van der Waals surface area contributed by atoms with E-state index in [-0.39, 0.29) is 17.4 Å². The van der Waals surface area contributed by atoms with E-state index in [0.717, 1.165) is 6.42 Å². The minimum Gasteiger partial charge on any atom is -0.392 e. The van der Waals surface area contributed by atoms with Crippen molar-refractivity contribution in [3.8, 4) is 0 Å². The highest BCUT2D eigenvalue weighted by molar-refractivity contribution is 7.91. The first-order valence-corrected chi connectivity index (χ1v) is 5.26. The van der Waals surface area contributed by atoms with Gasteiger partial charge in [0.2, 0.25) is 0 Å². The molecule has 10 heavy (non-hydrogen) atoms. The summed E-state index contributed by atoms with van der Waals surface area (Å²) >= 11 is 0. The zero-order valence-corrected chi connectivity index (χ0v) is 6.76. The van der Waals surface area contributed by atoms with Crippen molar-refractivity contribution in [2.45, 2.75) is 19.4 Å². The average molecular weight is 164 g/mol. The molecule has 1 aliphatic heterocycles. The third-order valence-corrected chi connectivity index (χ3v) is 3.75. The van der Waals surface area contributed by atoms with Crippen molar-refractivity contribution in [1.82, 2.24) is 0 Å². The predicted octanol–water partition coefficient (Wildman–Crippen LogP) is -0.198. The Labute approximate surface area is 61.0 Å². The highest BCUT2D eigenvalue weighted by atomic mass is 32.2. The SMILES string of the molecule is CCC1CS(=O)(=O)CC1O. The second-order valence-corrected chi connectivity index (χ2v) is 4.97. The second-order valence-electron chi connectivity index (χ2n) is 2.81. The van der Waals surface area contributed by atoms with E-state index >= 15 is 0 Å². The van der Waals surface area contributed by atoms with E-state index in [2.05, 4.69) is 0 Å². The number of rotatable bonds is 1. The van der Waals surface area contributed by atoms with Gasteiger partial charge in [0.15, 0.2) is 9.84 Å². The molecule has 0 bridgehead atoms. The lowest BCUT2D eigenvalue weighted by atomic mass is 10.0. The molecule has 0 amide bonds. The summed E-state index contributed by atoms with van der Waals surface area (Å²) in [6.45, 7) is 1.90.